The number of nitriles is 1. The van der Waals surface area contributed by atoms with Gasteiger partial charge in [-0.1, -0.05) is 42.5 Å². The molecule has 2 unspecified atom stereocenters. The van der Waals surface area contributed by atoms with Crippen LogP contribution in [-0.4, -0.2) is 59.6 Å². The number of piperazine rings is 1. The number of pyridine rings is 2. The number of hydrogen-bond donors (Lipinski definition) is 1. The molecule has 2 N–H and O–H groups in total. The van der Waals surface area contributed by atoms with E-state index >= 15 is 0 Å². The number of benzene rings is 2. The number of fused-ring (bicyclic) bond motifs is 1. The van der Waals surface area contributed by atoms with Gasteiger partial charge < -0.3 is 10.6 Å². The number of imidazole rings is 1. The molecule has 5 heterocycles. The highest BCUT2D eigenvalue weighted by Gasteiger charge is 2.30. The predicted molar refractivity (Wildman–Crippen MR) is 175 cm³/mol. The minimum atomic E-state index is 0.226. The molecule has 4 aromatic heterocycles. The molecule has 1 aliphatic rings. The van der Waals surface area contributed by atoms with Crippen molar-refractivity contribution in [1.29, 1.82) is 5.26 Å². The topological polar surface area (TPSA) is 126 Å². The summed E-state index contributed by atoms with van der Waals surface area (Å²) in [6.45, 7) is 6.97. The van der Waals surface area contributed by atoms with Gasteiger partial charge in [0, 0.05) is 55.2 Å². The molecule has 2 aromatic carbocycles. The number of rotatable bonds is 6. The van der Waals surface area contributed by atoms with E-state index in [1.54, 1.807) is 12.3 Å². The lowest BCUT2D eigenvalue weighted by Crippen LogP contribution is -2.56. The molecule has 45 heavy (non-hydrogen) atoms. The molecule has 10 nitrogen and oxygen atoms in total. The van der Waals surface area contributed by atoms with E-state index in [-0.39, 0.29) is 12.1 Å². The summed E-state index contributed by atoms with van der Waals surface area (Å²) in [6, 6.07) is 30.9. The van der Waals surface area contributed by atoms with Gasteiger partial charge in [0.15, 0.2) is 11.5 Å². The van der Waals surface area contributed by atoms with Crippen LogP contribution < -0.4 is 10.6 Å². The summed E-state index contributed by atoms with van der Waals surface area (Å²) in [5, 5.41) is 9.29. The Balaban J connectivity index is 1.19. The monoisotopic (exact) mass is 592 g/mol. The van der Waals surface area contributed by atoms with Crippen molar-refractivity contribution in [2.75, 3.05) is 23.7 Å². The minimum absolute atomic E-state index is 0.226. The van der Waals surface area contributed by atoms with E-state index in [1.807, 2.05) is 42.5 Å². The average molecular weight is 593 g/mol. The molecule has 2 atom stereocenters. The molecule has 0 spiro atoms. The van der Waals surface area contributed by atoms with E-state index in [0.717, 1.165) is 59.1 Å². The third-order valence-corrected chi connectivity index (χ3v) is 8.28. The van der Waals surface area contributed by atoms with Gasteiger partial charge in [0.1, 0.15) is 35.2 Å². The molecule has 7 rings (SSSR count). The van der Waals surface area contributed by atoms with Crippen molar-refractivity contribution in [3.8, 4) is 34.4 Å². The summed E-state index contributed by atoms with van der Waals surface area (Å²) >= 11 is 0. The SMILES string of the molecule is CC1CN(Cc2ccc(-n3c(-c4cccnc4N)nc4ccc(-c5ccccc5)nc43)cc2)CC(C)N1c1cc(C#N)ncn1. The molecule has 1 fully saturated rings. The fraction of sp³-hybridized carbons (Fsp3) is 0.200. The number of hydrogen-bond acceptors (Lipinski definition) is 9. The minimum Gasteiger partial charge on any atom is -0.383 e. The van der Waals surface area contributed by atoms with Crippen molar-refractivity contribution in [3.63, 3.8) is 0 Å². The van der Waals surface area contributed by atoms with Crippen LogP contribution in [0.1, 0.15) is 25.1 Å². The molecule has 0 aliphatic carbocycles. The van der Waals surface area contributed by atoms with E-state index in [9.17, 15) is 5.26 Å². The molecule has 222 valence electrons. The third kappa shape index (κ3) is 5.46. The summed E-state index contributed by atoms with van der Waals surface area (Å²) in [4.78, 5) is 27.6. The van der Waals surface area contributed by atoms with Crippen molar-refractivity contribution in [2.24, 2.45) is 0 Å². The van der Waals surface area contributed by atoms with E-state index in [0.29, 0.717) is 17.3 Å². The summed E-state index contributed by atoms with van der Waals surface area (Å²) < 4.78 is 2.07. The Bertz CT molecular complexity index is 2000. The highest BCUT2D eigenvalue weighted by molar-refractivity contribution is 5.84. The standard InChI is InChI=1S/C35H32N10/c1-23-19-43(20-24(2)44(23)32-17-27(18-36)39-22-40-32)21-25-10-12-28(13-11-25)45-34(29-9-6-16-38-33(29)37)42-31-15-14-30(41-35(31)45)26-7-4-3-5-8-26/h3-17,22-24H,19-21H2,1-2H3,(H2,37,38). The molecule has 1 saturated heterocycles. The number of nitrogen functional groups attached to an aromatic ring is 1. The van der Waals surface area contributed by atoms with Gasteiger partial charge in [0.25, 0.3) is 0 Å². The first-order chi connectivity index (χ1) is 22.0. The maximum atomic E-state index is 9.29. The fourth-order valence-electron chi connectivity index (χ4n) is 6.33. The van der Waals surface area contributed by atoms with Crippen LogP contribution in [0.4, 0.5) is 11.6 Å². The molecule has 0 bridgehead atoms. The second-order valence-electron chi connectivity index (χ2n) is 11.5. The number of aromatic nitrogens is 6. The molecular formula is C35H32N10. The summed E-state index contributed by atoms with van der Waals surface area (Å²) in [5.74, 6) is 1.92. The van der Waals surface area contributed by atoms with Crippen molar-refractivity contribution in [1.82, 2.24) is 34.4 Å². The van der Waals surface area contributed by atoms with Crippen LogP contribution in [0.3, 0.4) is 0 Å². The zero-order chi connectivity index (χ0) is 30.9. The zero-order valence-corrected chi connectivity index (χ0v) is 25.1. The van der Waals surface area contributed by atoms with Gasteiger partial charge in [-0.15, -0.1) is 0 Å². The van der Waals surface area contributed by atoms with Gasteiger partial charge in [0.2, 0.25) is 0 Å². The van der Waals surface area contributed by atoms with Crippen molar-refractivity contribution in [2.45, 2.75) is 32.5 Å². The highest BCUT2D eigenvalue weighted by atomic mass is 15.3. The Morgan fingerprint density at radius 2 is 1.64 bits per heavy atom. The molecule has 1 aliphatic heterocycles. The Labute approximate surface area is 261 Å². The first-order valence-electron chi connectivity index (χ1n) is 15.0. The van der Waals surface area contributed by atoms with Crippen LogP contribution in [-0.2, 0) is 6.54 Å². The van der Waals surface area contributed by atoms with Crippen LogP contribution in [0.15, 0.2) is 97.5 Å². The van der Waals surface area contributed by atoms with Crippen molar-refractivity contribution in [3.05, 3.63) is 109 Å². The first-order valence-corrected chi connectivity index (χ1v) is 15.0. The molecule has 10 heteroatoms. The summed E-state index contributed by atoms with van der Waals surface area (Å²) in [7, 11) is 0. The van der Waals surface area contributed by atoms with Crippen molar-refractivity contribution >= 4 is 22.8 Å². The van der Waals surface area contributed by atoms with Crippen LogP contribution in [0.2, 0.25) is 0 Å². The van der Waals surface area contributed by atoms with E-state index in [4.69, 9.17) is 15.7 Å². The van der Waals surface area contributed by atoms with Crippen LogP contribution in [0, 0.1) is 11.3 Å². The normalized spacial score (nSPS) is 17.0. The van der Waals surface area contributed by atoms with Gasteiger partial charge in [-0.2, -0.15) is 5.26 Å². The molecular weight excluding hydrogens is 560 g/mol. The smallest absolute Gasteiger partial charge is 0.165 e. The van der Waals surface area contributed by atoms with Crippen LogP contribution in [0.5, 0.6) is 0 Å². The first kappa shape index (κ1) is 28.1. The molecule has 0 amide bonds. The number of nitrogens with zero attached hydrogens (tertiary/aromatic N) is 9. The largest absolute Gasteiger partial charge is 0.383 e. The Morgan fingerprint density at radius 3 is 2.38 bits per heavy atom. The van der Waals surface area contributed by atoms with Gasteiger partial charge in [-0.3, -0.25) is 9.47 Å². The van der Waals surface area contributed by atoms with Gasteiger partial charge in [-0.25, -0.2) is 24.9 Å². The average Bonchev–Trinajstić information content (AvgIpc) is 3.44. The second kappa shape index (κ2) is 11.8. The molecule has 6 aromatic rings. The second-order valence-corrected chi connectivity index (χ2v) is 11.5. The quantitative estimate of drug-likeness (QED) is 0.267. The summed E-state index contributed by atoms with van der Waals surface area (Å²) in [6.07, 6.45) is 3.15. The molecule has 0 radical (unpaired) electrons. The van der Waals surface area contributed by atoms with E-state index < -0.39 is 0 Å². The third-order valence-electron chi connectivity index (χ3n) is 8.28. The van der Waals surface area contributed by atoms with E-state index in [2.05, 4.69) is 85.6 Å². The fourth-order valence-corrected chi connectivity index (χ4v) is 6.33. The van der Waals surface area contributed by atoms with Gasteiger partial charge in [0.05, 0.1) is 11.3 Å². The maximum absolute atomic E-state index is 9.29. The number of nitrogens with two attached hydrogens (primary N) is 1. The summed E-state index contributed by atoms with van der Waals surface area (Å²) in [5.41, 5.74) is 13.1. The highest BCUT2D eigenvalue weighted by Crippen LogP contribution is 2.32. The van der Waals surface area contributed by atoms with E-state index in [1.165, 1.54) is 11.9 Å². The predicted octanol–water partition coefficient (Wildman–Crippen LogP) is 5.49. The molecule has 0 saturated carbocycles. The Kier molecular flexibility index (Phi) is 7.37. The van der Waals surface area contributed by atoms with Gasteiger partial charge in [-0.05, 0) is 55.8 Å². The lowest BCUT2D eigenvalue weighted by atomic mass is 10.1. The van der Waals surface area contributed by atoms with Gasteiger partial charge >= 0.3 is 0 Å². The van der Waals surface area contributed by atoms with Crippen LogP contribution in [0.25, 0.3) is 39.5 Å². The number of anilines is 2. The van der Waals surface area contributed by atoms with Crippen molar-refractivity contribution < 1.29 is 0 Å². The zero-order valence-electron chi connectivity index (χ0n) is 25.1. The Hall–Kier alpha value is -5.66. The van der Waals surface area contributed by atoms with Crippen LogP contribution >= 0.6 is 0 Å². The lowest BCUT2D eigenvalue weighted by Gasteiger charge is -2.45. The lowest BCUT2D eigenvalue weighted by molar-refractivity contribution is 0.191. The Morgan fingerprint density at radius 1 is 0.867 bits per heavy atom. The maximum Gasteiger partial charge on any atom is 0.165 e.